The van der Waals surface area contributed by atoms with E-state index in [2.05, 4.69) is 23.2 Å². The van der Waals surface area contributed by atoms with Crippen molar-refractivity contribution in [1.82, 2.24) is 4.90 Å². The van der Waals surface area contributed by atoms with E-state index < -0.39 is 0 Å². The zero-order valence-corrected chi connectivity index (χ0v) is 13.9. The first-order valence-corrected chi connectivity index (χ1v) is 7.29. The Morgan fingerprint density at radius 3 is 2.67 bits per heavy atom. The molecule has 1 aliphatic carbocycles. The van der Waals surface area contributed by atoms with Crippen molar-refractivity contribution in [3.05, 3.63) is 29.3 Å². The molecule has 1 amide bonds. The third-order valence-electron chi connectivity index (χ3n) is 4.25. The molecule has 21 heavy (non-hydrogen) atoms. The smallest absolute Gasteiger partial charge is 0.238 e. The van der Waals surface area contributed by atoms with E-state index in [4.69, 9.17) is 5.73 Å². The molecule has 1 atom stereocenters. The lowest BCUT2D eigenvalue weighted by Gasteiger charge is -2.26. The van der Waals surface area contributed by atoms with Crippen LogP contribution in [0.15, 0.2) is 18.2 Å². The van der Waals surface area contributed by atoms with Gasteiger partial charge in [0.2, 0.25) is 5.91 Å². The summed E-state index contributed by atoms with van der Waals surface area (Å²) in [6, 6.07) is 6.30. The van der Waals surface area contributed by atoms with Crippen LogP contribution in [0.25, 0.3) is 0 Å². The van der Waals surface area contributed by atoms with Crippen LogP contribution in [0.2, 0.25) is 0 Å². The number of halogens is 1. The minimum absolute atomic E-state index is 0. The van der Waals surface area contributed by atoms with E-state index >= 15 is 0 Å². The Morgan fingerprint density at radius 2 is 2.10 bits per heavy atom. The Kier molecular flexibility index (Phi) is 6.65. The SMILES string of the molecule is Cc1cccc(NC(=O)CN(C)C(CN)C2CC2)c1C.Cl. The van der Waals surface area contributed by atoms with Crippen molar-refractivity contribution in [3.63, 3.8) is 0 Å². The van der Waals surface area contributed by atoms with E-state index in [0.717, 1.165) is 11.3 Å². The first-order valence-electron chi connectivity index (χ1n) is 7.29. The minimum Gasteiger partial charge on any atom is -0.329 e. The number of amides is 1. The van der Waals surface area contributed by atoms with Crippen molar-refractivity contribution in [2.45, 2.75) is 32.7 Å². The normalized spacial score (nSPS) is 15.5. The van der Waals surface area contributed by atoms with Crippen LogP contribution in [0.5, 0.6) is 0 Å². The zero-order chi connectivity index (χ0) is 14.7. The molecular weight excluding hydrogens is 286 g/mol. The second kappa shape index (κ2) is 7.78. The molecular formula is C16H26ClN3O. The number of likely N-dealkylation sites (N-methyl/N-ethyl adjacent to an activating group) is 1. The predicted octanol–water partition coefficient (Wildman–Crippen LogP) is 2.33. The van der Waals surface area contributed by atoms with Crippen molar-refractivity contribution < 1.29 is 4.79 Å². The standard InChI is InChI=1S/C16H25N3O.ClH/c1-11-5-4-6-14(12(11)2)18-16(20)10-19(3)15(9-17)13-7-8-13;/h4-6,13,15H,7-10,17H2,1-3H3,(H,18,20);1H. The lowest BCUT2D eigenvalue weighted by atomic mass is 10.1. The molecule has 0 bridgehead atoms. The topological polar surface area (TPSA) is 58.4 Å². The predicted molar refractivity (Wildman–Crippen MR) is 90.0 cm³/mol. The average molecular weight is 312 g/mol. The first kappa shape index (κ1) is 18.0. The second-order valence-electron chi connectivity index (χ2n) is 5.85. The number of aryl methyl sites for hydroxylation is 1. The third kappa shape index (κ3) is 4.70. The molecule has 1 fully saturated rings. The van der Waals surface area contributed by atoms with Crippen LogP contribution in [0.1, 0.15) is 24.0 Å². The third-order valence-corrected chi connectivity index (χ3v) is 4.25. The van der Waals surface area contributed by atoms with Gasteiger partial charge in [-0.3, -0.25) is 9.69 Å². The van der Waals surface area contributed by atoms with E-state index in [1.165, 1.54) is 18.4 Å². The van der Waals surface area contributed by atoms with Crippen LogP contribution in [0.3, 0.4) is 0 Å². The van der Waals surface area contributed by atoms with Crippen molar-refractivity contribution in [3.8, 4) is 0 Å². The lowest BCUT2D eigenvalue weighted by molar-refractivity contribution is -0.117. The molecule has 1 unspecified atom stereocenters. The number of nitrogens with one attached hydrogen (secondary N) is 1. The van der Waals surface area contributed by atoms with E-state index in [9.17, 15) is 4.79 Å². The maximum absolute atomic E-state index is 12.2. The van der Waals surface area contributed by atoms with E-state index in [1.54, 1.807) is 0 Å². The average Bonchev–Trinajstić information content (AvgIpc) is 3.20. The number of carbonyl (C=O) groups excluding carboxylic acids is 1. The van der Waals surface area contributed by atoms with Gasteiger partial charge >= 0.3 is 0 Å². The molecule has 1 saturated carbocycles. The molecule has 1 aromatic carbocycles. The number of benzene rings is 1. The number of anilines is 1. The van der Waals surface area contributed by atoms with Crippen LogP contribution in [-0.2, 0) is 4.79 Å². The summed E-state index contributed by atoms with van der Waals surface area (Å²) in [5.41, 5.74) is 9.03. The molecule has 4 nitrogen and oxygen atoms in total. The minimum atomic E-state index is 0. The molecule has 5 heteroatoms. The Labute approximate surface area is 133 Å². The Morgan fingerprint density at radius 1 is 1.43 bits per heavy atom. The van der Waals surface area contributed by atoms with Gasteiger partial charge in [-0.05, 0) is 56.8 Å². The molecule has 3 N–H and O–H groups in total. The summed E-state index contributed by atoms with van der Waals surface area (Å²) in [4.78, 5) is 14.2. The fraction of sp³-hybridized carbons (Fsp3) is 0.562. The number of hydrogen-bond acceptors (Lipinski definition) is 3. The summed E-state index contributed by atoms with van der Waals surface area (Å²) >= 11 is 0. The van der Waals surface area contributed by atoms with E-state index in [-0.39, 0.29) is 18.3 Å². The first-order chi connectivity index (χ1) is 9.52. The summed E-state index contributed by atoms with van der Waals surface area (Å²) < 4.78 is 0. The molecule has 0 aromatic heterocycles. The fourth-order valence-corrected chi connectivity index (χ4v) is 2.63. The van der Waals surface area contributed by atoms with Gasteiger partial charge in [-0.2, -0.15) is 0 Å². The number of nitrogens with two attached hydrogens (primary N) is 1. The van der Waals surface area contributed by atoms with Crippen LogP contribution in [0.4, 0.5) is 5.69 Å². The highest BCUT2D eigenvalue weighted by atomic mass is 35.5. The lowest BCUT2D eigenvalue weighted by Crippen LogP contribution is -2.43. The highest BCUT2D eigenvalue weighted by Crippen LogP contribution is 2.34. The Bertz CT molecular complexity index is 488. The van der Waals surface area contributed by atoms with Gasteiger partial charge in [-0.1, -0.05) is 12.1 Å². The van der Waals surface area contributed by atoms with Crippen molar-refractivity contribution in [2.24, 2.45) is 11.7 Å². The quantitative estimate of drug-likeness (QED) is 0.848. The van der Waals surface area contributed by atoms with Gasteiger partial charge in [-0.25, -0.2) is 0 Å². The molecule has 0 aliphatic heterocycles. The van der Waals surface area contributed by atoms with Gasteiger partial charge in [-0.15, -0.1) is 12.4 Å². The molecule has 118 valence electrons. The van der Waals surface area contributed by atoms with Crippen molar-refractivity contribution in [2.75, 3.05) is 25.5 Å². The number of rotatable bonds is 6. The molecule has 0 saturated heterocycles. The molecule has 0 spiro atoms. The number of hydrogen-bond donors (Lipinski definition) is 2. The highest BCUT2D eigenvalue weighted by molar-refractivity contribution is 5.93. The van der Waals surface area contributed by atoms with Crippen LogP contribution >= 0.6 is 12.4 Å². The summed E-state index contributed by atoms with van der Waals surface area (Å²) in [7, 11) is 1.98. The Balaban J connectivity index is 0.00000220. The van der Waals surface area contributed by atoms with E-state index in [0.29, 0.717) is 25.0 Å². The molecule has 1 aliphatic rings. The van der Waals surface area contributed by atoms with Gasteiger partial charge in [0.1, 0.15) is 0 Å². The second-order valence-corrected chi connectivity index (χ2v) is 5.85. The van der Waals surface area contributed by atoms with Gasteiger partial charge in [0.25, 0.3) is 0 Å². The maximum Gasteiger partial charge on any atom is 0.238 e. The van der Waals surface area contributed by atoms with Crippen molar-refractivity contribution >= 4 is 24.0 Å². The summed E-state index contributed by atoms with van der Waals surface area (Å²) in [5.74, 6) is 0.707. The van der Waals surface area contributed by atoms with Gasteiger partial charge < -0.3 is 11.1 Å². The van der Waals surface area contributed by atoms with Crippen LogP contribution in [-0.4, -0.2) is 37.0 Å². The monoisotopic (exact) mass is 311 g/mol. The summed E-state index contributed by atoms with van der Waals surface area (Å²) in [5, 5.41) is 3.00. The van der Waals surface area contributed by atoms with Gasteiger partial charge in [0, 0.05) is 18.3 Å². The maximum atomic E-state index is 12.2. The van der Waals surface area contributed by atoms with Crippen LogP contribution < -0.4 is 11.1 Å². The Hall–Kier alpha value is -1.10. The number of carbonyl (C=O) groups is 1. The fourth-order valence-electron chi connectivity index (χ4n) is 2.63. The summed E-state index contributed by atoms with van der Waals surface area (Å²) in [6.45, 7) is 5.10. The van der Waals surface area contributed by atoms with Gasteiger partial charge in [0.05, 0.1) is 6.54 Å². The highest BCUT2D eigenvalue weighted by Gasteiger charge is 2.33. The molecule has 2 rings (SSSR count). The molecule has 1 aromatic rings. The largest absolute Gasteiger partial charge is 0.329 e. The van der Waals surface area contributed by atoms with Crippen molar-refractivity contribution in [1.29, 1.82) is 0 Å². The zero-order valence-electron chi connectivity index (χ0n) is 13.1. The molecule has 0 heterocycles. The number of nitrogens with zero attached hydrogens (tertiary/aromatic N) is 1. The molecule has 0 radical (unpaired) electrons. The summed E-state index contributed by atoms with van der Waals surface area (Å²) in [6.07, 6.45) is 2.48. The van der Waals surface area contributed by atoms with Crippen LogP contribution in [0, 0.1) is 19.8 Å². The van der Waals surface area contributed by atoms with E-state index in [1.807, 2.05) is 26.1 Å². The van der Waals surface area contributed by atoms with Gasteiger partial charge in [0.15, 0.2) is 0 Å².